The van der Waals surface area contributed by atoms with Gasteiger partial charge in [0.25, 0.3) is 5.56 Å². The molecule has 0 aliphatic heterocycles. The lowest BCUT2D eigenvalue weighted by molar-refractivity contribution is 0.384. The SMILES string of the molecule is CN(C)CCCn1cnc2c(nnc3c(-c4ccc(F)cc4)cnn32)c1=O. The molecule has 138 valence electrons. The maximum Gasteiger partial charge on any atom is 0.283 e. The van der Waals surface area contributed by atoms with Crippen molar-refractivity contribution in [3.8, 4) is 11.1 Å². The zero-order chi connectivity index (χ0) is 19.0. The van der Waals surface area contributed by atoms with Gasteiger partial charge in [-0.2, -0.15) is 9.61 Å². The number of hydrogen-bond acceptors (Lipinski definition) is 6. The lowest BCUT2D eigenvalue weighted by Gasteiger charge is -2.10. The third-order valence-corrected chi connectivity index (χ3v) is 4.34. The number of aromatic nitrogens is 6. The highest BCUT2D eigenvalue weighted by Gasteiger charge is 2.15. The average molecular weight is 367 g/mol. The van der Waals surface area contributed by atoms with E-state index in [9.17, 15) is 9.18 Å². The van der Waals surface area contributed by atoms with E-state index in [1.807, 2.05) is 14.1 Å². The first kappa shape index (κ1) is 17.2. The minimum Gasteiger partial charge on any atom is -0.309 e. The Kier molecular flexibility index (Phi) is 4.36. The molecule has 0 saturated carbocycles. The number of aryl methyl sites for hydroxylation is 1. The molecule has 1 aromatic carbocycles. The van der Waals surface area contributed by atoms with Crippen molar-refractivity contribution in [3.05, 3.63) is 53.0 Å². The van der Waals surface area contributed by atoms with Gasteiger partial charge in [-0.3, -0.25) is 9.36 Å². The Bertz CT molecular complexity index is 1160. The average Bonchev–Trinajstić information content (AvgIpc) is 3.08. The van der Waals surface area contributed by atoms with Gasteiger partial charge in [0.15, 0.2) is 16.8 Å². The fraction of sp³-hybridized carbons (Fsp3) is 0.278. The predicted molar refractivity (Wildman–Crippen MR) is 98.9 cm³/mol. The molecule has 0 fully saturated rings. The standard InChI is InChI=1S/C18H18FN7O/c1-24(2)8-3-9-25-11-20-17-15(18(25)27)22-23-16-14(10-21-26(16)17)12-4-6-13(19)7-5-12/h4-7,10-11H,3,8-9H2,1-2H3. The van der Waals surface area contributed by atoms with Crippen LogP contribution in [0.2, 0.25) is 0 Å². The summed E-state index contributed by atoms with van der Waals surface area (Å²) in [6.45, 7) is 1.43. The number of nitrogens with zero attached hydrogens (tertiary/aromatic N) is 7. The molecule has 0 saturated heterocycles. The quantitative estimate of drug-likeness (QED) is 0.533. The first-order valence-electron chi connectivity index (χ1n) is 8.55. The van der Waals surface area contributed by atoms with Gasteiger partial charge in [-0.05, 0) is 44.8 Å². The summed E-state index contributed by atoms with van der Waals surface area (Å²) in [7, 11) is 3.97. The third kappa shape index (κ3) is 3.17. The number of benzene rings is 1. The van der Waals surface area contributed by atoms with Gasteiger partial charge >= 0.3 is 0 Å². The van der Waals surface area contributed by atoms with Crippen LogP contribution >= 0.6 is 0 Å². The molecule has 27 heavy (non-hydrogen) atoms. The molecular weight excluding hydrogens is 349 g/mol. The van der Waals surface area contributed by atoms with Crippen LogP contribution in [0.1, 0.15) is 6.42 Å². The fourth-order valence-electron chi connectivity index (χ4n) is 2.95. The minimum atomic E-state index is -0.316. The van der Waals surface area contributed by atoms with Crippen LogP contribution in [0.5, 0.6) is 0 Å². The van der Waals surface area contributed by atoms with Crippen LogP contribution in [0.3, 0.4) is 0 Å². The van der Waals surface area contributed by atoms with Gasteiger partial charge in [-0.1, -0.05) is 12.1 Å². The maximum atomic E-state index is 13.2. The molecule has 0 unspecified atom stereocenters. The molecular formula is C18H18FN7O. The Labute approximate surface area is 153 Å². The summed E-state index contributed by atoms with van der Waals surface area (Å²) in [6.07, 6.45) is 3.95. The molecule has 8 nitrogen and oxygen atoms in total. The van der Waals surface area contributed by atoms with Gasteiger partial charge in [-0.25, -0.2) is 9.37 Å². The van der Waals surface area contributed by atoms with E-state index in [0.29, 0.717) is 23.4 Å². The summed E-state index contributed by atoms with van der Waals surface area (Å²) in [6, 6.07) is 6.04. The largest absolute Gasteiger partial charge is 0.309 e. The molecule has 3 aromatic heterocycles. The van der Waals surface area contributed by atoms with Crippen molar-refractivity contribution in [1.82, 2.24) is 34.3 Å². The second-order valence-electron chi connectivity index (χ2n) is 6.57. The number of fused-ring (bicyclic) bond motifs is 3. The Morgan fingerprint density at radius 1 is 1.11 bits per heavy atom. The van der Waals surface area contributed by atoms with Crippen LogP contribution in [-0.4, -0.2) is 54.9 Å². The van der Waals surface area contributed by atoms with Gasteiger partial charge in [0.2, 0.25) is 0 Å². The van der Waals surface area contributed by atoms with E-state index in [2.05, 4.69) is 25.2 Å². The molecule has 0 aliphatic rings. The molecule has 0 spiro atoms. The van der Waals surface area contributed by atoms with Crippen molar-refractivity contribution in [1.29, 1.82) is 0 Å². The van der Waals surface area contributed by atoms with Crippen molar-refractivity contribution in [2.24, 2.45) is 0 Å². The molecule has 4 aromatic rings. The molecule has 3 heterocycles. The second-order valence-corrected chi connectivity index (χ2v) is 6.57. The summed E-state index contributed by atoms with van der Waals surface area (Å²) < 4.78 is 16.2. The van der Waals surface area contributed by atoms with E-state index < -0.39 is 0 Å². The number of hydrogen-bond donors (Lipinski definition) is 0. The molecule has 0 N–H and O–H groups in total. The van der Waals surface area contributed by atoms with E-state index in [1.54, 1.807) is 18.3 Å². The van der Waals surface area contributed by atoms with Crippen molar-refractivity contribution >= 4 is 16.8 Å². The molecule has 0 bridgehead atoms. The summed E-state index contributed by atoms with van der Waals surface area (Å²) in [5, 5.41) is 12.6. The van der Waals surface area contributed by atoms with Gasteiger partial charge in [0, 0.05) is 12.1 Å². The van der Waals surface area contributed by atoms with Gasteiger partial charge in [0.1, 0.15) is 12.1 Å². The predicted octanol–water partition coefficient (Wildman–Crippen LogP) is 1.59. The van der Waals surface area contributed by atoms with E-state index >= 15 is 0 Å². The highest BCUT2D eigenvalue weighted by Crippen LogP contribution is 2.24. The molecule has 9 heteroatoms. The molecule has 0 radical (unpaired) electrons. The van der Waals surface area contributed by atoms with Crippen molar-refractivity contribution in [3.63, 3.8) is 0 Å². The van der Waals surface area contributed by atoms with Crippen LogP contribution in [0.25, 0.3) is 27.9 Å². The Morgan fingerprint density at radius 2 is 1.89 bits per heavy atom. The van der Waals surface area contributed by atoms with Crippen LogP contribution in [0.15, 0.2) is 41.6 Å². The van der Waals surface area contributed by atoms with Crippen molar-refractivity contribution in [2.45, 2.75) is 13.0 Å². The fourth-order valence-corrected chi connectivity index (χ4v) is 2.95. The number of halogens is 1. The second kappa shape index (κ2) is 6.84. The van der Waals surface area contributed by atoms with E-state index in [0.717, 1.165) is 18.5 Å². The van der Waals surface area contributed by atoms with Crippen LogP contribution in [0, 0.1) is 5.82 Å². The summed E-state index contributed by atoms with van der Waals surface area (Å²) >= 11 is 0. The first-order chi connectivity index (χ1) is 13.0. The Hall–Kier alpha value is -3.20. The molecule has 0 atom stereocenters. The Balaban J connectivity index is 1.77. The third-order valence-electron chi connectivity index (χ3n) is 4.34. The highest BCUT2D eigenvalue weighted by molar-refractivity contribution is 5.80. The van der Waals surface area contributed by atoms with Crippen molar-refractivity contribution in [2.75, 3.05) is 20.6 Å². The van der Waals surface area contributed by atoms with E-state index in [4.69, 9.17) is 0 Å². The minimum absolute atomic E-state index is 0.170. The normalized spacial score (nSPS) is 11.7. The van der Waals surface area contributed by atoms with E-state index in [-0.39, 0.29) is 16.9 Å². The number of rotatable bonds is 5. The zero-order valence-electron chi connectivity index (χ0n) is 15.0. The Morgan fingerprint density at radius 3 is 2.63 bits per heavy atom. The van der Waals surface area contributed by atoms with Crippen LogP contribution in [0.4, 0.5) is 4.39 Å². The van der Waals surface area contributed by atoms with Gasteiger partial charge in [0.05, 0.1) is 6.20 Å². The lowest BCUT2D eigenvalue weighted by Crippen LogP contribution is -2.25. The maximum absolute atomic E-state index is 13.2. The summed E-state index contributed by atoms with van der Waals surface area (Å²) in [5.41, 5.74) is 2.20. The topological polar surface area (TPSA) is 81.2 Å². The van der Waals surface area contributed by atoms with Gasteiger partial charge in [-0.15, -0.1) is 10.2 Å². The lowest BCUT2D eigenvalue weighted by atomic mass is 10.1. The first-order valence-corrected chi connectivity index (χ1v) is 8.55. The zero-order valence-corrected chi connectivity index (χ0v) is 15.0. The smallest absolute Gasteiger partial charge is 0.283 e. The monoisotopic (exact) mass is 367 g/mol. The summed E-state index contributed by atoms with van der Waals surface area (Å²) in [4.78, 5) is 19.1. The molecule has 0 aliphatic carbocycles. The van der Waals surface area contributed by atoms with Gasteiger partial charge < -0.3 is 4.90 Å². The molecule has 4 rings (SSSR count). The molecule has 0 amide bonds. The van der Waals surface area contributed by atoms with Crippen LogP contribution < -0.4 is 5.56 Å². The highest BCUT2D eigenvalue weighted by atomic mass is 19.1. The van der Waals surface area contributed by atoms with Crippen LogP contribution in [-0.2, 0) is 6.54 Å². The summed E-state index contributed by atoms with van der Waals surface area (Å²) in [5.74, 6) is -0.316. The van der Waals surface area contributed by atoms with E-state index in [1.165, 1.54) is 27.5 Å². The van der Waals surface area contributed by atoms with Crippen molar-refractivity contribution < 1.29 is 4.39 Å².